The Morgan fingerprint density at radius 1 is 1.41 bits per heavy atom. The van der Waals surface area contributed by atoms with Crippen molar-refractivity contribution in [3.05, 3.63) is 46.0 Å². The third-order valence-electron chi connectivity index (χ3n) is 3.23. The molecule has 0 aromatic heterocycles. The van der Waals surface area contributed by atoms with Crippen LogP contribution in [0, 0.1) is 10.1 Å². The molecule has 0 saturated carbocycles. The molecule has 90 valence electrons. The smallest absolute Gasteiger partial charge is 0.239 e. The highest BCUT2D eigenvalue weighted by atomic mass is 16.6. The molecular weight excluding hydrogens is 216 g/mol. The van der Waals surface area contributed by atoms with Gasteiger partial charge < -0.3 is 0 Å². The molecule has 0 aliphatic carbocycles. The first kappa shape index (κ1) is 11.8. The van der Waals surface area contributed by atoms with E-state index < -0.39 is 6.04 Å². The maximum Gasteiger partial charge on any atom is 0.239 e. The maximum absolute atomic E-state index is 11.1. The third-order valence-corrected chi connectivity index (χ3v) is 3.23. The second-order valence-corrected chi connectivity index (χ2v) is 4.30. The predicted molar refractivity (Wildman–Crippen MR) is 66.9 cm³/mol. The minimum atomic E-state index is -0.576. The average molecular weight is 232 g/mol. The SMILES string of the molecule is CCC1=N[C@@H](c2ccccc2)C([N+](=O)[O-])CC1. The van der Waals surface area contributed by atoms with Crippen LogP contribution in [0.5, 0.6) is 0 Å². The number of nitrogens with zero attached hydrogens (tertiary/aromatic N) is 2. The van der Waals surface area contributed by atoms with Gasteiger partial charge in [0.05, 0.1) is 0 Å². The van der Waals surface area contributed by atoms with Crippen LogP contribution in [-0.4, -0.2) is 16.7 Å². The first-order valence-electron chi connectivity index (χ1n) is 5.96. The minimum absolute atomic E-state index is 0.187. The number of benzene rings is 1. The summed E-state index contributed by atoms with van der Waals surface area (Å²) in [4.78, 5) is 15.4. The molecule has 1 unspecified atom stereocenters. The zero-order valence-corrected chi connectivity index (χ0v) is 9.87. The molecule has 4 nitrogen and oxygen atoms in total. The van der Waals surface area contributed by atoms with E-state index in [-0.39, 0.29) is 11.0 Å². The Kier molecular flexibility index (Phi) is 3.52. The summed E-state index contributed by atoms with van der Waals surface area (Å²) in [5, 5.41) is 11.1. The van der Waals surface area contributed by atoms with Gasteiger partial charge in [-0.2, -0.15) is 0 Å². The minimum Gasteiger partial charge on any atom is -0.279 e. The fraction of sp³-hybridized carbons (Fsp3) is 0.462. The van der Waals surface area contributed by atoms with Crippen LogP contribution in [0.2, 0.25) is 0 Å². The Morgan fingerprint density at radius 2 is 2.12 bits per heavy atom. The van der Waals surface area contributed by atoms with E-state index in [1.165, 1.54) is 0 Å². The fourth-order valence-corrected chi connectivity index (χ4v) is 2.26. The van der Waals surface area contributed by atoms with E-state index >= 15 is 0 Å². The van der Waals surface area contributed by atoms with Gasteiger partial charge in [-0.3, -0.25) is 15.1 Å². The zero-order valence-electron chi connectivity index (χ0n) is 9.87. The van der Waals surface area contributed by atoms with Crippen LogP contribution in [0.25, 0.3) is 0 Å². The van der Waals surface area contributed by atoms with Gasteiger partial charge in [0, 0.05) is 17.1 Å². The summed E-state index contributed by atoms with van der Waals surface area (Å²) < 4.78 is 0. The standard InChI is InChI=1S/C13H16N2O2/c1-2-11-8-9-12(15(16)17)13(14-11)10-6-4-3-5-7-10/h3-7,12-13H,2,8-9H2,1H3/t12?,13-/m0/s1. The molecular formula is C13H16N2O2. The molecule has 0 radical (unpaired) electrons. The van der Waals surface area contributed by atoms with Crippen molar-refractivity contribution in [1.29, 1.82) is 0 Å². The lowest BCUT2D eigenvalue weighted by atomic mass is 9.91. The van der Waals surface area contributed by atoms with Crippen molar-refractivity contribution in [2.45, 2.75) is 38.3 Å². The first-order valence-corrected chi connectivity index (χ1v) is 5.96. The Bertz CT molecular complexity index is 428. The highest BCUT2D eigenvalue weighted by Crippen LogP contribution is 2.30. The largest absolute Gasteiger partial charge is 0.279 e. The number of rotatable bonds is 3. The number of hydrogen-bond donors (Lipinski definition) is 0. The van der Waals surface area contributed by atoms with Crippen LogP contribution in [-0.2, 0) is 0 Å². The topological polar surface area (TPSA) is 55.5 Å². The summed E-state index contributed by atoms with van der Waals surface area (Å²) in [5.74, 6) is 0. The van der Waals surface area contributed by atoms with Crippen LogP contribution in [0.3, 0.4) is 0 Å². The lowest BCUT2D eigenvalue weighted by Gasteiger charge is -2.23. The van der Waals surface area contributed by atoms with Crippen LogP contribution >= 0.6 is 0 Å². The van der Waals surface area contributed by atoms with E-state index in [0.717, 1.165) is 24.1 Å². The first-order chi connectivity index (χ1) is 8.22. The summed E-state index contributed by atoms with van der Waals surface area (Å²) in [7, 11) is 0. The van der Waals surface area contributed by atoms with Gasteiger partial charge >= 0.3 is 0 Å². The van der Waals surface area contributed by atoms with Crippen LogP contribution in [0.1, 0.15) is 37.8 Å². The Morgan fingerprint density at radius 3 is 2.71 bits per heavy atom. The monoisotopic (exact) mass is 232 g/mol. The van der Waals surface area contributed by atoms with E-state index in [1.54, 1.807) is 0 Å². The summed E-state index contributed by atoms with van der Waals surface area (Å²) in [5.41, 5.74) is 2.04. The second kappa shape index (κ2) is 5.08. The van der Waals surface area contributed by atoms with Gasteiger partial charge in [-0.05, 0) is 18.4 Å². The highest BCUT2D eigenvalue weighted by Gasteiger charge is 2.35. The molecule has 0 saturated heterocycles. The Hall–Kier alpha value is -1.71. The van der Waals surface area contributed by atoms with Crippen molar-refractivity contribution < 1.29 is 4.92 Å². The van der Waals surface area contributed by atoms with E-state index in [9.17, 15) is 10.1 Å². The molecule has 1 aromatic carbocycles. The molecule has 0 N–H and O–H groups in total. The van der Waals surface area contributed by atoms with Gasteiger partial charge in [0.2, 0.25) is 6.04 Å². The van der Waals surface area contributed by atoms with Gasteiger partial charge in [0.25, 0.3) is 0 Å². The van der Waals surface area contributed by atoms with E-state index in [4.69, 9.17) is 0 Å². The maximum atomic E-state index is 11.1. The van der Waals surface area contributed by atoms with Gasteiger partial charge in [-0.25, -0.2) is 0 Å². The van der Waals surface area contributed by atoms with Crippen LogP contribution in [0.4, 0.5) is 0 Å². The molecule has 0 bridgehead atoms. The third kappa shape index (κ3) is 2.52. The molecule has 0 fully saturated rings. The molecule has 1 aliphatic rings. The number of aliphatic imine (C=N–C) groups is 1. The van der Waals surface area contributed by atoms with Gasteiger partial charge in [-0.1, -0.05) is 37.3 Å². The quantitative estimate of drug-likeness (QED) is 0.594. The molecule has 1 aromatic rings. The molecule has 2 rings (SSSR count). The predicted octanol–water partition coefficient (Wildman–Crippen LogP) is 3.02. The Balaban J connectivity index is 2.34. The number of hydrogen-bond acceptors (Lipinski definition) is 3. The van der Waals surface area contributed by atoms with Crippen LogP contribution in [0.15, 0.2) is 35.3 Å². The summed E-state index contributed by atoms with van der Waals surface area (Å²) in [6.45, 7) is 2.05. The van der Waals surface area contributed by atoms with Crippen molar-refractivity contribution in [2.24, 2.45) is 4.99 Å². The lowest BCUT2D eigenvalue weighted by Crippen LogP contribution is -2.31. The Labute approximate surface area is 101 Å². The van der Waals surface area contributed by atoms with Gasteiger partial charge in [-0.15, -0.1) is 0 Å². The van der Waals surface area contributed by atoms with E-state index in [1.807, 2.05) is 37.3 Å². The van der Waals surface area contributed by atoms with Gasteiger partial charge in [0.15, 0.2) is 0 Å². The summed E-state index contributed by atoms with van der Waals surface area (Å²) in [6.07, 6.45) is 2.23. The van der Waals surface area contributed by atoms with Gasteiger partial charge in [0.1, 0.15) is 6.04 Å². The van der Waals surface area contributed by atoms with E-state index in [0.29, 0.717) is 6.42 Å². The number of nitro groups is 1. The van der Waals surface area contributed by atoms with Crippen LogP contribution < -0.4 is 0 Å². The summed E-state index contributed by atoms with van der Waals surface area (Å²) >= 11 is 0. The molecule has 17 heavy (non-hydrogen) atoms. The lowest BCUT2D eigenvalue weighted by molar-refractivity contribution is -0.528. The zero-order chi connectivity index (χ0) is 12.3. The molecule has 1 heterocycles. The van der Waals surface area contributed by atoms with E-state index in [2.05, 4.69) is 4.99 Å². The normalized spacial score (nSPS) is 24.2. The molecule has 2 atom stereocenters. The molecule has 0 spiro atoms. The fourth-order valence-electron chi connectivity index (χ4n) is 2.26. The molecule has 0 amide bonds. The second-order valence-electron chi connectivity index (χ2n) is 4.30. The molecule has 4 heteroatoms. The summed E-state index contributed by atoms with van der Waals surface area (Å²) in [6, 6.07) is 8.68. The molecule has 1 aliphatic heterocycles. The highest BCUT2D eigenvalue weighted by molar-refractivity contribution is 5.85. The van der Waals surface area contributed by atoms with Crippen molar-refractivity contribution in [3.63, 3.8) is 0 Å². The van der Waals surface area contributed by atoms with Crippen molar-refractivity contribution in [1.82, 2.24) is 0 Å². The van der Waals surface area contributed by atoms with Crippen molar-refractivity contribution in [3.8, 4) is 0 Å². The van der Waals surface area contributed by atoms with Crippen molar-refractivity contribution in [2.75, 3.05) is 0 Å². The van der Waals surface area contributed by atoms with Crippen molar-refractivity contribution >= 4 is 5.71 Å². The average Bonchev–Trinajstić information content (AvgIpc) is 2.39.